The second-order valence-corrected chi connectivity index (χ2v) is 6.10. The van der Waals surface area contributed by atoms with E-state index in [1.807, 2.05) is 0 Å². The van der Waals surface area contributed by atoms with Crippen LogP contribution in [0, 0.1) is 0 Å². The van der Waals surface area contributed by atoms with Gasteiger partial charge in [-0.3, -0.25) is 4.79 Å². The first-order valence-electron chi connectivity index (χ1n) is 8.05. The Kier molecular flexibility index (Phi) is 15.2. The molecule has 0 amide bonds. The van der Waals surface area contributed by atoms with Crippen LogP contribution in [0.15, 0.2) is 0 Å². The molecule has 0 radical (unpaired) electrons. The van der Waals surface area contributed by atoms with Crippen LogP contribution in [-0.4, -0.2) is 5.52 Å². The largest absolute Gasteiger partial charge is 0.295 e. The molecule has 0 aromatic rings. The zero-order valence-corrected chi connectivity index (χ0v) is 13.5. The summed E-state index contributed by atoms with van der Waals surface area (Å²) in [7, 11) is 2.26. The number of unbranched alkanes of at least 4 members (excludes halogenated alkanes) is 12. The topological polar surface area (TPSA) is 17.1 Å². The van der Waals surface area contributed by atoms with Crippen molar-refractivity contribution in [3.05, 3.63) is 0 Å². The minimum atomic E-state index is 0.262. The van der Waals surface area contributed by atoms with Crippen LogP contribution in [0.25, 0.3) is 0 Å². The molecular formula is C16H33OP. The Morgan fingerprint density at radius 2 is 1.00 bits per heavy atom. The van der Waals surface area contributed by atoms with Crippen LogP contribution in [-0.2, 0) is 4.79 Å². The van der Waals surface area contributed by atoms with Gasteiger partial charge < -0.3 is 0 Å². The highest BCUT2D eigenvalue weighted by Gasteiger charge is 1.95. The van der Waals surface area contributed by atoms with Crippen molar-refractivity contribution in [1.29, 1.82) is 0 Å². The summed E-state index contributed by atoms with van der Waals surface area (Å²) in [6.07, 6.45) is 18.5. The van der Waals surface area contributed by atoms with E-state index in [0.29, 0.717) is 0 Å². The predicted molar refractivity (Wildman–Crippen MR) is 85.0 cm³/mol. The summed E-state index contributed by atoms with van der Waals surface area (Å²) in [5.41, 5.74) is 0.262. The molecule has 0 heterocycles. The number of hydrogen-bond acceptors (Lipinski definition) is 1. The third kappa shape index (κ3) is 16.1. The maximum atomic E-state index is 10.7. The first kappa shape index (κ1) is 18.1. The summed E-state index contributed by atoms with van der Waals surface area (Å²) in [4.78, 5) is 10.7. The maximum absolute atomic E-state index is 10.7. The lowest BCUT2D eigenvalue weighted by Crippen LogP contribution is -1.86. The Bertz CT molecular complexity index is 180. The molecule has 0 aromatic carbocycles. The third-order valence-electron chi connectivity index (χ3n) is 3.53. The van der Waals surface area contributed by atoms with E-state index in [1.165, 1.54) is 77.0 Å². The zero-order valence-electron chi connectivity index (χ0n) is 12.4. The maximum Gasteiger partial charge on any atom is 0.148 e. The van der Waals surface area contributed by atoms with E-state index in [1.54, 1.807) is 0 Å². The van der Waals surface area contributed by atoms with Crippen molar-refractivity contribution in [2.45, 2.75) is 96.8 Å². The van der Waals surface area contributed by atoms with Gasteiger partial charge in [0, 0.05) is 6.42 Å². The lowest BCUT2D eigenvalue weighted by Gasteiger charge is -2.02. The molecule has 1 atom stereocenters. The standard InChI is InChI=1S/C16H33OP/c1-2-3-4-5-6-7-8-9-10-11-12-13-14-15-16(17)18/h2-15,18H2,1H3. The minimum absolute atomic E-state index is 0.262. The summed E-state index contributed by atoms with van der Waals surface area (Å²) in [6, 6.07) is 0. The van der Waals surface area contributed by atoms with Crippen LogP contribution >= 0.6 is 9.24 Å². The van der Waals surface area contributed by atoms with E-state index >= 15 is 0 Å². The van der Waals surface area contributed by atoms with E-state index in [-0.39, 0.29) is 5.52 Å². The smallest absolute Gasteiger partial charge is 0.148 e. The van der Waals surface area contributed by atoms with Gasteiger partial charge in [-0.25, -0.2) is 0 Å². The van der Waals surface area contributed by atoms with Crippen LogP contribution in [0.4, 0.5) is 0 Å². The second kappa shape index (κ2) is 15.2. The molecular weight excluding hydrogens is 239 g/mol. The fraction of sp³-hybridized carbons (Fsp3) is 0.938. The van der Waals surface area contributed by atoms with Crippen molar-refractivity contribution in [3.63, 3.8) is 0 Å². The highest BCUT2D eigenvalue weighted by molar-refractivity contribution is 7.40. The summed E-state index contributed by atoms with van der Waals surface area (Å²) < 4.78 is 0. The first-order valence-corrected chi connectivity index (χ1v) is 8.63. The molecule has 108 valence electrons. The van der Waals surface area contributed by atoms with Crippen LogP contribution in [0.1, 0.15) is 96.8 Å². The van der Waals surface area contributed by atoms with Crippen LogP contribution in [0.3, 0.4) is 0 Å². The second-order valence-electron chi connectivity index (χ2n) is 5.46. The molecule has 0 rings (SSSR count). The minimum Gasteiger partial charge on any atom is -0.295 e. The summed E-state index contributed by atoms with van der Waals surface area (Å²) >= 11 is 0. The average Bonchev–Trinajstić information content (AvgIpc) is 2.34. The van der Waals surface area contributed by atoms with Crippen LogP contribution < -0.4 is 0 Å². The fourth-order valence-electron chi connectivity index (χ4n) is 2.32. The Labute approximate surface area is 117 Å². The third-order valence-corrected chi connectivity index (χ3v) is 3.82. The number of carbonyl (C=O) groups is 1. The lowest BCUT2D eigenvalue weighted by molar-refractivity contribution is -0.111. The normalized spacial score (nSPS) is 10.8. The van der Waals surface area contributed by atoms with E-state index in [4.69, 9.17) is 0 Å². The van der Waals surface area contributed by atoms with Crippen LogP contribution in [0.2, 0.25) is 0 Å². The van der Waals surface area contributed by atoms with Gasteiger partial charge in [0.2, 0.25) is 0 Å². The van der Waals surface area contributed by atoms with Gasteiger partial charge in [0.25, 0.3) is 0 Å². The molecule has 18 heavy (non-hydrogen) atoms. The lowest BCUT2D eigenvalue weighted by atomic mass is 10.0. The van der Waals surface area contributed by atoms with Crippen molar-refractivity contribution < 1.29 is 4.79 Å². The summed E-state index contributed by atoms with van der Waals surface area (Å²) in [5.74, 6) is 0. The van der Waals surface area contributed by atoms with Gasteiger partial charge in [-0.1, -0.05) is 93.2 Å². The molecule has 0 aliphatic carbocycles. The molecule has 0 bridgehead atoms. The van der Waals surface area contributed by atoms with Gasteiger partial charge in [0.15, 0.2) is 0 Å². The molecule has 0 spiro atoms. The van der Waals surface area contributed by atoms with Gasteiger partial charge in [0.1, 0.15) is 5.52 Å². The number of carbonyl (C=O) groups excluding carboxylic acids is 1. The molecule has 1 nitrogen and oxygen atoms in total. The monoisotopic (exact) mass is 272 g/mol. The van der Waals surface area contributed by atoms with Crippen LogP contribution in [0.5, 0.6) is 0 Å². The molecule has 2 heteroatoms. The van der Waals surface area contributed by atoms with Crippen molar-refractivity contribution in [2.75, 3.05) is 0 Å². The Morgan fingerprint density at radius 3 is 1.33 bits per heavy atom. The fourth-order valence-corrected chi connectivity index (χ4v) is 2.52. The molecule has 0 aromatic heterocycles. The summed E-state index contributed by atoms with van der Waals surface area (Å²) in [6.45, 7) is 2.27. The van der Waals surface area contributed by atoms with Crippen molar-refractivity contribution in [2.24, 2.45) is 0 Å². The van der Waals surface area contributed by atoms with Gasteiger partial charge in [-0.05, 0) is 6.42 Å². The molecule has 0 saturated carbocycles. The first-order chi connectivity index (χ1) is 8.77. The van der Waals surface area contributed by atoms with Crippen molar-refractivity contribution >= 4 is 14.8 Å². The highest BCUT2D eigenvalue weighted by atomic mass is 31.0. The van der Waals surface area contributed by atoms with E-state index in [9.17, 15) is 4.79 Å². The average molecular weight is 272 g/mol. The van der Waals surface area contributed by atoms with E-state index < -0.39 is 0 Å². The molecule has 1 unspecified atom stereocenters. The van der Waals surface area contributed by atoms with Gasteiger partial charge in [-0.2, -0.15) is 0 Å². The SMILES string of the molecule is CCCCCCCCCCCCCCCC(=O)P. The van der Waals surface area contributed by atoms with Gasteiger partial charge in [0.05, 0.1) is 0 Å². The summed E-state index contributed by atoms with van der Waals surface area (Å²) in [5, 5.41) is 0. The Balaban J connectivity index is 2.92. The molecule has 0 saturated heterocycles. The van der Waals surface area contributed by atoms with Gasteiger partial charge in [-0.15, -0.1) is 0 Å². The zero-order chi connectivity index (χ0) is 13.5. The number of hydrogen-bond donors (Lipinski definition) is 0. The van der Waals surface area contributed by atoms with Crippen molar-refractivity contribution in [1.82, 2.24) is 0 Å². The Hall–Kier alpha value is 0.100. The predicted octanol–water partition coefficient (Wildman–Crippen LogP) is 5.87. The molecule has 0 aliphatic rings. The van der Waals surface area contributed by atoms with Gasteiger partial charge >= 0.3 is 0 Å². The molecule has 0 N–H and O–H groups in total. The quantitative estimate of drug-likeness (QED) is 0.285. The van der Waals surface area contributed by atoms with E-state index in [0.717, 1.165) is 12.8 Å². The Morgan fingerprint density at radius 1 is 0.667 bits per heavy atom. The number of rotatable bonds is 14. The molecule has 0 aliphatic heterocycles. The molecule has 0 fully saturated rings. The van der Waals surface area contributed by atoms with Crippen molar-refractivity contribution in [3.8, 4) is 0 Å². The highest BCUT2D eigenvalue weighted by Crippen LogP contribution is 2.13. The van der Waals surface area contributed by atoms with E-state index in [2.05, 4.69) is 16.2 Å².